The number of ether oxygens (including phenoxy) is 4. The van der Waals surface area contributed by atoms with Crippen LogP contribution in [0.4, 0.5) is 0 Å². The third kappa shape index (κ3) is 2.63. The molecule has 0 aromatic carbocycles. The summed E-state index contributed by atoms with van der Waals surface area (Å²) in [7, 11) is 0. The number of rotatable bonds is 1. The van der Waals surface area contributed by atoms with E-state index in [9.17, 15) is 5.11 Å². The Morgan fingerprint density at radius 1 is 1.16 bits per heavy atom. The second-order valence-electron chi connectivity index (χ2n) is 9.14. The topological polar surface area (TPSA) is 63.8 Å². The molecule has 0 aromatic heterocycles. The van der Waals surface area contributed by atoms with Gasteiger partial charge in [0.1, 0.15) is 18.3 Å². The van der Waals surface area contributed by atoms with Gasteiger partial charge in [-0.1, -0.05) is 12.2 Å². The molecule has 5 aliphatic rings. The second kappa shape index (κ2) is 5.17. The van der Waals surface area contributed by atoms with Gasteiger partial charge in [0, 0.05) is 5.92 Å². The maximum absolute atomic E-state index is 10.8. The summed E-state index contributed by atoms with van der Waals surface area (Å²) in [5, 5.41) is 10.8. The first-order valence-corrected chi connectivity index (χ1v) is 9.48. The summed E-state index contributed by atoms with van der Waals surface area (Å²) in [5.74, 6) is 0.596. The van der Waals surface area contributed by atoms with Crippen molar-refractivity contribution in [1.29, 1.82) is 0 Å². The molecule has 1 unspecified atom stereocenters. The van der Waals surface area contributed by atoms with Crippen LogP contribution < -0.4 is 0 Å². The Labute approximate surface area is 149 Å². The van der Waals surface area contributed by atoms with Crippen LogP contribution in [-0.2, 0) is 18.9 Å². The van der Waals surface area contributed by atoms with Crippen molar-refractivity contribution < 1.29 is 24.1 Å². The van der Waals surface area contributed by atoms with Crippen LogP contribution in [0, 0.1) is 11.8 Å². The van der Waals surface area contributed by atoms with Gasteiger partial charge in [-0.15, -0.1) is 0 Å². The van der Waals surface area contributed by atoms with Gasteiger partial charge in [0.05, 0.1) is 23.9 Å². The van der Waals surface area contributed by atoms with Gasteiger partial charge in [0.2, 0.25) is 0 Å². The van der Waals surface area contributed by atoms with E-state index in [0.29, 0.717) is 12.5 Å². The number of epoxide rings is 2. The van der Waals surface area contributed by atoms with Crippen LogP contribution in [-0.4, -0.2) is 53.6 Å². The molecule has 0 aromatic rings. The molecule has 25 heavy (non-hydrogen) atoms. The molecular weight excluding hydrogens is 320 g/mol. The van der Waals surface area contributed by atoms with E-state index in [4.69, 9.17) is 18.9 Å². The fraction of sp³-hybridized carbons (Fsp3) is 0.800. The first kappa shape index (κ1) is 16.5. The molecule has 138 valence electrons. The highest BCUT2D eigenvalue weighted by Crippen LogP contribution is 2.50. The number of hydrogen-bond donors (Lipinski definition) is 1. The third-order valence-electron chi connectivity index (χ3n) is 6.75. The smallest absolute Gasteiger partial charge is 0.181 e. The molecule has 0 bridgehead atoms. The first-order chi connectivity index (χ1) is 11.8. The maximum atomic E-state index is 10.8. The Morgan fingerprint density at radius 3 is 2.64 bits per heavy atom. The summed E-state index contributed by atoms with van der Waals surface area (Å²) >= 11 is 0. The van der Waals surface area contributed by atoms with Crippen molar-refractivity contribution in [2.45, 2.75) is 81.9 Å². The summed E-state index contributed by atoms with van der Waals surface area (Å²) in [6, 6.07) is 0. The Balaban J connectivity index is 1.42. The van der Waals surface area contributed by atoms with Crippen LogP contribution in [0.25, 0.3) is 0 Å². The normalized spacial score (nSPS) is 53.5. The molecule has 4 aliphatic heterocycles. The lowest BCUT2D eigenvalue weighted by Crippen LogP contribution is -2.38. The second-order valence-corrected chi connectivity index (χ2v) is 9.14. The highest BCUT2D eigenvalue weighted by molar-refractivity contribution is 5.28. The van der Waals surface area contributed by atoms with Gasteiger partial charge in [-0.3, -0.25) is 0 Å². The molecule has 0 spiro atoms. The van der Waals surface area contributed by atoms with E-state index < -0.39 is 5.60 Å². The third-order valence-corrected chi connectivity index (χ3v) is 6.75. The van der Waals surface area contributed by atoms with Gasteiger partial charge in [0.15, 0.2) is 6.29 Å². The van der Waals surface area contributed by atoms with Crippen LogP contribution in [0.2, 0.25) is 0 Å². The molecule has 8 atom stereocenters. The number of fused-ring (bicyclic) bond motifs is 4. The van der Waals surface area contributed by atoms with E-state index in [1.54, 1.807) is 0 Å². The molecule has 1 aliphatic carbocycles. The Bertz CT molecular complexity index is 636. The lowest BCUT2D eigenvalue weighted by atomic mass is 9.76. The summed E-state index contributed by atoms with van der Waals surface area (Å²) in [4.78, 5) is 0. The van der Waals surface area contributed by atoms with Crippen molar-refractivity contribution in [3.63, 3.8) is 0 Å². The van der Waals surface area contributed by atoms with E-state index in [2.05, 4.69) is 26.5 Å². The van der Waals surface area contributed by atoms with Crippen molar-refractivity contribution in [3.05, 3.63) is 23.8 Å². The van der Waals surface area contributed by atoms with Crippen molar-refractivity contribution in [3.8, 4) is 0 Å². The lowest BCUT2D eigenvalue weighted by Gasteiger charge is -2.38. The summed E-state index contributed by atoms with van der Waals surface area (Å²) in [5.41, 5.74) is 1.52. The van der Waals surface area contributed by atoms with Gasteiger partial charge >= 0.3 is 0 Å². The fourth-order valence-corrected chi connectivity index (χ4v) is 5.03. The van der Waals surface area contributed by atoms with Crippen LogP contribution in [0.5, 0.6) is 0 Å². The standard InChI is InChI=1S/C20H28O5/c1-10-7-14-17(23-14)20(4,21)6-5-11-12-8-15(16-19(2,3)25-16)24-18(12)22-9-13(10)11/h8,11,13-18,21H,1,5-7,9H2,2-4H3/t11-,13+,14-,15-,16?,17-,18+,20+/m1/s1. The first-order valence-electron chi connectivity index (χ1n) is 9.48. The zero-order valence-corrected chi connectivity index (χ0v) is 15.2. The molecule has 5 rings (SSSR count). The van der Waals surface area contributed by atoms with Gasteiger partial charge in [-0.25, -0.2) is 0 Å². The minimum Gasteiger partial charge on any atom is -0.387 e. The van der Waals surface area contributed by atoms with E-state index in [-0.39, 0.29) is 42.2 Å². The predicted octanol–water partition coefficient (Wildman–Crippen LogP) is 2.34. The van der Waals surface area contributed by atoms with Crippen LogP contribution >= 0.6 is 0 Å². The highest BCUT2D eigenvalue weighted by Gasteiger charge is 2.57. The molecular formula is C20H28O5. The monoisotopic (exact) mass is 348 g/mol. The Hall–Kier alpha value is -0.720. The molecule has 4 fully saturated rings. The largest absolute Gasteiger partial charge is 0.387 e. The van der Waals surface area contributed by atoms with E-state index in [1.165, 1.54) is 11.1 Å². The van der Waals surface area contributed by atoms with Crippen LogP contribution in [0.1, 0.15) is 40.0 Å². The molecule has 4 heterocycles. The quantitative estimate of drug-likeness (QED) is 0.582. The lowest BCUT2D eigenvalue weighted by molar-refractivity contribution is -0.155. The van der Waals surface area contributed by atoms with Crippen LogP contribution in [0.3, 0.4) is 0 Å². The maximum Gasteiger partial charge on any atom is 0.181 e. The average Bonchev–Trinajstić information content (AvgIpc) is 3.38. The van der Waals surface area contributed by atoms with Crippen molar-refractivity contribution in [2.24, 2.45) is 11.8 Å². The molecule has 5 nitrogen and oxygen atoms in total. The van der Waals surface area contributed by atoms with Crippen molar-refractivity contribution in [1.82, 2.24) is 0 Å². The van der Waals surface area contributed by atoms with E-state index in [1.807, 2.05) is 6.92 Å². The van der Waals surface area contributed by atoms with Gasteiger partial charge in [0.25, 0.3) is 0 Å². The molecule has 5 heteroatoms. The molecule has 0 radical (unpaired) electrons. The molecule has 1 N–H and O–H groups in total. The number of aliphatic hydroxyl groups is 1. The van der Waals surface area contributed by atoms with Crippen molar-refractivity contribution in [2.75, 3.05) is 6.61 Å². The van der Waals surface area contributed by atoms with E-state index in [0.717, 1.165) is 19.3 Å². The van der Waals surface area contributed by atoms with Gasteiger partial charge in [-0.05, 0) is 57.6 Å². The SMILES string of the molecule is C=C1C[C@H]2O[C@H]2[C@@](C)(O)CC[C@@H]2C3=C[C@H](C4OC4(C)C)O[C@@H]3OC[C@@H]12. The van der Waals surface area contributed by atoms with E-state index >= 15 is 0 Å². The Kier molecular flexibility index (Phi) is 3.40. The van der Waals surface area contributed by atoms with Gasteiger partial charge in [-0.2, -0.15) is 0 Å². The summed E-state index contributed by atoms with van der Waals surface area (Å²) < 4.78 is 23.7. The number of hydrogen-bond acceptors (Lipinski definition) is 5. The fourth-order valence-electron chi connectivity index (χ4n) is 5.03. The zero-order chi connectivity index (χ0) is 17.6. The van der Waals surface area contributed by atoms with Gasteiger partial charge < -0.3 is 24.1 Å². The van der Waals surface area contributed by atoms with Crippen LogP contribution in [0.15, 0.2) is 23.8 Å². The minimum absolute atomic E-state index is 0.0353. The minimum atomic E-state index is -0.769. The molecule has 1 saturated carbocycles. The Morgan fingerprint density at radius 2 is 1.92 bits per heavy atom. The summed E-state index contributed by atoms with van der Waals surface area (Å²) in [6.07, 6.45) is 4.52. The zero-order valence-electron chi connectivity index (χ0n) is 15.2. The predicted molar refractivity (Wildman–Crippen MR) is 90.9 cm³/mol. The average molecular weight is 348 g/mol. The highest BCUT2D eigenvalue weighted by atomic mass is 16.7. The molecule has 3 saturated heterocycles. The van der Waals surface area contributed by atoms with Crippen molar-refractivity contribution >= 4 is 0 Å². The summed E-state index contributed by atoms with van der Waals surface area (Å²) in [6.45, 7) is 11.1. The molecule has 0 amide bonds.